The smallest absolute Gasteiger partial charge is 2.00 e. The molecule has 0 aliphatic carbocycles. The van der Waals surface area contributed by atoms with Crippen LogP contribution in [-0.2, 0) is 22.0 Å². The zero-order valence-electron chi connectivity index (χ0n) is 2.43. The van der Waals surface area contributed by atoms with Crippen LogP contribution in [0.15, 0.2) is 0 Å². The fraction of sp³-hybridized carbons (Fsp3) is 0. The van der Waals surface area contributed by atoms with E-state index >= 15 is 0 Å². The summed E-state index contributed by atoms with van der Waals surface area (Å²) in [5.41, 5.74) is 0. The van der Waals surface area contributed by atoms with E-state index < -0.39 is 0 Å². The summed E-state index contributed by atoms with van der Waals surface area (Å²) < 4.78 is 0. The molecule has 0 heterocycles. The van der Waals surface area contributed by atoms with E-state index in [1.54, 1.807) is 0 Å². The van der Waals surface area contributed by atoms with Gasteiger partial charge in [-0.1, -0.05) is 0 Å². The van der Waals surface area contributed by atoms with Crippen molar-refractivity contribution < 1.29 is 40.8 Å². The summed E-state index contributed by atoms with van der Waals surface area (Å²) in [4.78, 5) is 0. The molecule has 0 amide bonds. The zero-order valence-corrected chi connectivity index (χ0v) is 4.83. The molecule has 0 aromatic heterocycles. The van der Waals surface area contributed by atoms with Crippen molar-refractivity contribution in [3.05, 3.63) is 0 Å². The van der Waals surface area contributed by atoms with E-state index in [9.17, 15) is 0 Å². The Bertz CT molecular complexity index is 8.00. The normalized spacial score (nSPS) is 0. The Morgan fingerprint density at radius 3 is 1.00 bits per heavy atom. The van der Waals surface area contributed by atoms with Crippen LogP contribution in [0.25, 0.3) is 0 Å². The molecule has 0 bridgehead atoms. The molecule has 1 nitrogen and oxygen atoms in total. The van der Waals surface area contributed by atoms with Gasteiger partial charge in [0, 0.05) is 0 Å². The topological polar surface area (TPSA) is 28.5 Å². The molecule has 0 N–H and O–H groups in total. The molecule has 0 fully saturated rings. The van der Waals surface area contributed by atoms with E-state index in [2.05, 4.69) is 0 Å². The van der Waals surface area contributed by atoms with Crippen molar-refractivity contribution in [1.82, 2.24) is 0 Å². The summed E-state index contributed by atoms with van der Waals surface area (Å²) >= 11 is 0. The second-order valence-corrected chi connectivity index (χ2v) is 0. The van der Waals surface area contributed by atoms with Gasteiger partial charge in [-0.2, -0.15) is 0 Å². The fourth-order valence-electron chi connectivity index (χ4n) is 0. The van der Waals surface area contributed by atoms with Crippen LogP contribution in [0.4, 0.5) is 0 Å². The number of hydrogen-bond acceptors (Lipinski definition) is 0. The molecule has 0 atom stereocenters. The standard InChI is InChI=1S/Li.Mg.Ni.O/q+1;2*+2;-2. The summed E-state index contributed by atoms with van der Waals surface area (Å²) in [6.07, 6.45) is 0. The van der Waals surface area contributed by atoms with Gasteiger partial charge < -0.3 is 5.48 Å². The van der Waals surface area contributed by atoms with Crippen LogP contribution in [0.1, 0.15) is 0 Å². The van der Waals surface area contributed by atoms with E-state index in [1.807, 2.05) is 0 Å². The first-order chi connectivity index (χ1) is 0. The van der Waals surface area contributed by atoms with Crippen molar-refractivity contribution in [2.24, 2.45) is 0 Å². The van der Waals surface area contributed by atoms with Gasteiger partial charge in [0.1, 0.15) is 0 Å². The third-order valence-electron chi connectivity index (χ3n) is 0. The van der Waals surface area contributed by atoms with Crippen LogP contribution >= 0.6 is 0 Å². The largest absolute Gasteiger partial charge is 2.00 e. The number of hydrogen-bond donors (Lipinski definition) is 0. The molecule has 0 radical (unpaired) electrons. The van der Waals surface area contributed by atoms with Crippen molar-refractivity contribution in [2.45, 2.75) is 0 Å². The first kappa shape index (κ1) is 40.9. The Kier molecular flexibility index (Phi) is 217. The van der Waals surface area contributed by atoms with Crippen LogP contribution in [0.2, 0.25) is 0 Å². The first-order valence-corrected chi connectivity index (χ1v) is 0. The third kappa shape index (κ3) is 9.17. The minimum absolute atomic E-state index is 0. The van der Waals surface area contributed by atoms with Crippen LogP contribution in [0.3, 0.4) is 0 Å². The summed E-state index contributed by atoms with van der Waals surface area (Å²) in [6.45, 7) is 0. The van der Waals surface area contributed by atoms with Crippen molar-refractivity contribution in [3.8, 4) is 0 Å². The molecule has 0 unspecified atom stereocenters. The molecule has 0 saturated heterocycles. The van der Waals surface area contributed by atoms with E-state index in [4.69, 9.17) is 0 Å². The molecule has 0 spiro atoms. The fourth-order valence-corrected chi connectivity index (χ4v) is 0. The molecule has 0 aromatic carbocycles. The predicted molar refractivity (Wildman–Crippen MR) is 6.44 cm³/mol. The SMILES string of the molecule is [Li+].[Mg+2].[Ni+2].[O-2]. The molecular formula is LiMgNiO+3. The number of rotatable bonds is 0. The van der Waals surface area contributed by atoms with Crippen LogP contribution in [0.5, 0.6) is 0 Å². The molecule has 0 aromatic rings. The van der Waals surface area contributed by atoms with E-state index in [1.165, 1.54) is 0 Å². The third-order valence-corrected chi connectivity index (χ3v) is 0. The van der Waals surface area contributed by atoms with Gasteiger partial charge >= 0.3 is 58.4 Å². The Balaban J connectivity index is 0. The van der Waals surface area contributed by atoms with E-state index in [0.717, 1.165) is 0 Å². The monoisotopic (exact) mass is 105 g/mol. The van der Waals surface area contributed by atoms with Gasteiger partial charge in [0.15, 0.2) is 0 Å². The molecule has 0 aliphatic heterocycles. The summed E-state index contributed by atoms with van der Waals surface area (Å²) in [5, 5.41) is 0. The maximum Gasteiger partial charge on any atom is 2.00 e. The summed E-state index contributed by atoms with van der Waals surface area (Å²) in [5.74, 6) is 0. The van der Waals surface area contributed by atoms with Crippen molar-refractivity contribution in [1.29, 1.82) is 0 Å². The van der Waals surface area contributed by atoms with Gasteiger partial charge in [-0.25, -0.2) is 0 Å². The summed E-state index contributed by atoms with van der Waals surface area (Å²) in [7, 11) is 0. The maximum absolute atomic E-state index is 0. The molecular weight excluding hydrogens is 106 g/mol. The molecule has 0 aliphatic rings. The van der Waals surface area contributed by atoms with Gasteiger partial charge in [0.25, 0.3) is 0 Å². The molecule has 0 saturated carbocycles. The Morgan fingerprint density at radius 2 is 1.00 bits per heavy atom. The van der Waals surface area contributed by atoms with Gasteiger partial charge in [0.05, 0.1) is 0 Å². The second-order valence-electron chi connectivity index (χ2n) is 0. The zero-order chi connectivity index (χ0) is 0. The van der Waals surface area contributed by atoms with Crippen LogP contribution in [0, 0.1) is 0 Å². The Morgan fingerprint density at radius 1 is 1.00 bits per heavy atom. The minimum atomic E-state index is 0. The molecule has 4 heteroatoms. The summed E-state index contributed by atoms with van der Waals surface area (Å²) in [6, 6.07) is 0. The minimum Gasteiger partial charge on any atom is -2.00 e. The van der Waals surface area contributed by atoms with Gasteiger partial charge in [-0.3, -0.25) is 0 Å². The maximum atomic E-state index is 0. The average Bonchev–Trinajstić information content (AvgIpc) is 0. The Labute approximate surface area is 63.5 Å². The first-order valence-electron chi connectivity index (χ1n) is 0. The van der Waals surface area contributed by atoms with Gasteiger partial charge in [-0.15, -0.1) is 0 Å². The average molecular weight is 106 g/mol. The second kappa shape index (κ2) is 21.3. The predicted octanol–water partition coefficient (Wildman–Crippen LogP) is -3.50. The van der Waals surface area contributed by atoms with Crippen molar-refractivity contribution >= 4 is 23.1 Å². The van der Waals surface area contributed by atoms with E-state index in [0.29, 0.717) is 0 Å². The van der Waals surface area contributed by atoms with E-state index in [-0.39, 0.29) is 63.9 Å². The molecule has 16 valence electrons. The molecule has 0 rings (SSSR count). The van der Waals surface area contributed by atoms with Crippen LogP contribution < -0.4 is 18.9 Å². The quantitative estimate of drug-likeness (QED) is 0.287. The van der Waals surface area contributed by atoms with Gasteiger partial charge in [-0.05, 0) is 0 Å². The Hall–Kier alpha value is 1.82. The molecule has 4 heavy (non-hydrogen) atoms. The van der Waals surface area contributed by atoms with Crippen molar-refractivity contribution in [3.63, 3.8) is 0 Å². The van der Waals surface area contributed by atoms with Crippen molar-refractivity contribution in [2.75, 3.05) is 0 Å². The van der Waals surface area contributed by atoms with Crippen LogP contribution in [-0.4, -0.2) is 23.1 Å². The van der Waals surface area contributed by atoms with Gasteiger partial charge in [0.2, 0.25) is 0 Å².